The number of benzene rings is 2. The fourth-order valence-corrected chi connectivity index (χ4v) is 4.15. The van der Waals surface area contributed by atoms with E-state index in [4.69, 9.17) is 17.3 Å². The van der Waals surface area contributed by atoms with Gasteiger partial charge in [-0.15, -0.1) is 0 Å². The van der Waals surface area contributed by atoms with Gasteiger partial charge in [0.25, 0.3) is 0 Å². The fourth-order valence-electron chi connectivity index (χ4n) is 3.95. The topological polar surface area (TPSA) is 104 Å². The zero-order valence-corrected chi connectivity index (χ0v) is 19.4. The maximum Gasteiger partial charge on any atom is 0.317 e. The molecule has 5 N–H and O–H groups in total. The van der Waals surface area contributed by atoms with Crippen LogP contribution in [0.2, 0.25) is 5.02 Å². The van der Waals surface area contributed by atoms with Gasteiger partial charge in [0.05, 0.1) is 5.69 Å². The van der Waals surface area contributed by atoms with Crippen LogP contribution < -0.4 is 16.4 Å². The van der Waals surface area contributed by atoms with Gasteiger partial charge >= 0.3 is 6.03 Å². The Balaban J connectivity index is 1.49. The first kappa shape index (κ1) is 23.6. The van der Waals surface area contributed by atoms with Crippen LogP contribution in [-0.2, 0) is 13.2 Å². The van der Waals surface area contributed by atoms with Crippen LogP contribution in [0.15, 0.2) is 48.5 Å². The molecule has 4 rings (SSSR count). The van der Waals surface area contributed by atoms with Gasteiger partial charge in [-0.25, -0.2) is 14.2 Å². The number of urea groups is 1. The minimum atomic E-state index is -0.665. The van der Waals surface area contributed by atoms with Crippen LogP contribution in [0.4, 0.5) is 26.4 Å². The summed E-state index contributed by atoms with van der Waals surface area (Å²) in [6.45, 7) is 1.14. The lowest BCUT2D eigenvalue weighted by Gasteiger charge is -2.26. The number of pyridine rings is 1. The Morgan fingerprint density at radius 3 is 2.62 bits per heavy atom. The standard InChI is InChI=1S/C25H27ClFN5O2/c26-18-5-8-21(17(12-18)14-27)30-19-6-9-23(33)20(13-19)22-7-4-16(24(28)31-22)15-29-25(34)32-10-2-1-3-11-32/h4-9,12-13,30,33H,1-3,10-11,14-15H2,(H2,28,31)(H,29,34). The normalized spacial score (nSPS) is 13.5. The average Bonchev–Trinajstić information content (AvgIpc) is 2.85. The van der Waals surface area contributed by atoms with Crippen molar-refractivity contribution in [3.63, 3.8) is 0 Å². The molecule has 0 radical (unpaired) electrons. The predicted octanol–water partition coefficient (Wildman–Crippen LogP) is 5.60. The lowest BCUT2D eigenvalue weighted by Crippen LogP contribution is -2.42. The SMILES string of the molecule is Nc1nc(-c2cc(Nc3ccc(Cl)cc3CF)ccc2O)ccc1CNC(=O)N1CCCCC1. The number of hydrogen-bond acceptors (Lipinski definition) is 5. The van der Waals surface area contributed by atoms with Gasteiger partial charge in [0.2, 0.25) is 0 Å². The lowest BCUT2D eigenvalue weighted by atomic mass is 10.1. The third-order valence-corrected chi connectivity index (χ3v) is 6.08. The first-order valence-electron chi connectivity index (χ1n) is 11.2. The molecule has 2 heterocycles. The van der Waals surface area contributed by atoms with Crippen LogP contribution in [0.1, 0.15) is 30.4 Å². The molecular weight excluding hydrogens is 457 g/mol. The largest absolute Gasteiger partial charge is 0.507 e. The van der Waals surface area contributed by atoms with Crippen molar-refractivity contribution in [3.8, 4) is 17.0 Å². The maximum atomic E-state index is 13.4. The zero-order valence-electron chi connectivity index (χ0n) is 18.7. The monoisotopic (exact) mass is 483 g/mol. The molecule has 34 heavy (non-hydrogen) atoms. The molecule has 178 valence electrons. The number of amides is 2. The van der Waals surface area contributed by atoms with E-state index in [1.807, 2.05) is 4.90 Å². The number of nitrogens with two attached hydrogens (primary N) is 1. The van der Waals surface area contributed by atoms with Crippen LogP contribution in [0.25, 0.3) is 11.3 Å². The molecule has 7 nitrogen and oxygen atoms in total. The van der Waals surface area contributed by atoms with Crippen molar-refractivity contribution in [2.24, 2.45) is 0 Å². The summed E-state index contributed by atoms with van der Waals surface area (Å²) in [6.07, 6.45) is 3.20. The predicted molar refractivity (Wildman–Crippen MR) is 133 cm³/mol. The van der Waals surface area contributed by atoms with Gasteiger partial charge in [-0.2, -0.15) is 0 Å². The highest BCUT2D eigenvalue weighted by Crippen LogP contribution is 2.33. The first-order valence-corrected chi connectivity index (χ1v) is 11.6. The number of aromatic hydroxyl groups is 1. The van der Waals surface area contributed by atoms with Gasteiger partial charge in [0.15, 0.2) is 0 Å². The summed E-state index contributed by atoms with van der Waals surface area (Å²) in [5.74, 6) is 0.303. The minimum absolute atomic E-state index is 0.0328. The number of nitrogen functional groups attached to an aromatic ring is 1. The Labute approximate surface area is 202 Å². The number of phenolic OH excluding ortho intramolecular Hbond substituents is 1. The molecule has 2 amide bonds. The zero-order chi connectivity index (χ0) is 24.1. The summed E-state index contributed by atoms with van der Waals surface area (Å²) in [5, 5.41) is 16.9. The van der Waals surface area contributed by atoms with Gasteiger partial charge in [0.1, 0.15) is 18.2 Å². The summed E-state index contributed by atoms with van der Waals surface area (Å²) >= 11 is 5.96. The molecule has 0 unspecified atom stereocenters. The van der Waals surface area contributed by atoms with Gasteiger partial charge < -0.3 is 26.4 Å². The number of rotatable bonds is 6. The summed E-state index contributed by atoms with van der Waals surface area (Å²) in [4.78, 5) is 18.6. The number of hydrogen-bond donors (Lipinski definition) is 4. The molecule has 2 aromatic carbocycles. The summed E-state index contributed by atoms with van der Waals surface area (Å²) in [7, 11) is 0. The van der Waals surface area contributed by atoms with E-state index >= 15 is 0 Å². The van der Waals surface area contributed by atoms with E-state index < -0.39 is 6.67 Å². The highest BCUT2D eigenvalue weighted by atomic mass is 35.5. The number of alkyl halides is 1. The van der Waals surface area contributed by atoms with Crippen LogP contribution in [0.3, 0.4) is 0 Å². The molecule has 0 bridgehead atoms. The quantitative estimate of drug-likeness (QED) is 0.342. The number of nitrogens with one attached hydrogen (secondary N) is 2. The third-order valence-electron chi connectivity index (χ3n) is 5.85. The number of carbonyl (C=O) groups is 1. The Bertz CT molecular complexity index is 1180. The van der Waals surface area contributed by atoms with E-state index in [2.05, 4.69) is 15.6 Å². The fraction of sp³-hybridized carbons (Fsp3) is 0.280. The Kier molecular flexibility index (Phi) is 7.37. The molecule has 1 aliphatic heterocycles. The summed E-state index contributed by atoms with van der Waals surface area (Å²) in [5.41, 5.74) is 9.45. The van der Waals surface area contributed by atoms with Crippen molar-refractivity contribution >= 4 is 34.8 Å². The van der Waals surface area contributed by atoms with Crippen molar-refractivity contribution in [2.45, 2.75) is 32.5 Å². The maximum absolute atomic E-state index is 13.4. The van der Waals surface area contributed by atoms with E-state index in [1.54, 1.807) is 42.5 Å². The van der Waals surface area contributed by atoms with Crippen LogP contribution in [-0.4, -0.2) is 34.1 Å². The Morgan fingerprint density at radius 1 is 1.09 bits per heavy atom. The van der Waals surface area contributed by atoms with E-state index in [-0.39, 0.29) is 24.1 Å². The van der Waals surface area contributed by atoms with Crippen molar-refractivity contribution < 1.29 is 14.3 Å². The van der Waals surface area contributed by atoms with Crippen molar-refractivity contribution in [2.75, 3.05) is 24.1 Å². The van der Waals surface area contributed by atoms with Crippen molar-refractivity contribution in [1.82, 2.24) is 15.2 Å². The molecule has 0 atom stereocenters. The molecule has 3 aromatic rings. The van der Waals surface area contributed by atoms with E-state index in [0.29, 0.717) is 38.8 Å². The van der Waals surface area contributed by atoms with Gasteiger partial charge in [-0.1, -0.05) is 17.7 Å². The Morgan fingerprint density at radius 2 is 1.88 bits per heavy atom. The van der Waals surface area contributed by atoms with Crippen molar-refractivity contribution in [3.05, 3.63) is 64.7 Å². The van der Waals surface area contributed by atoms with Gasteiger partial charge in [0, 0.05) is 52.7 Å². The Hall–Kier alpha value is -3.52. The number of aromatic nitrogens is 1. The van der Waals surface area contributed by atoms with Crippen LogP contribution >= 0.6 is 11.6 Å². The van der Waals surface area contributed by atoms with Crippen LogP contribution in [0.5, 0.6) is 5.75 Å². The smallest absolute Gasteiger partial charge is 0.317 e. The number of halogens is 2. The number of piperidine rings is 1. The van der Waals surface area contributed by atoms with Gasteiger partial charge in [-0.05, 0) is 61.7 Å². The van der Waals surface area contributed by atoms with Gasteiger partial charge in [-0.3, -0.25) is 0 Å². The number of nitrogens with zero attached hydrogens (tertiary/aromatic N) is 2. The molecule has 0 aliphatic carbocycles. The number of anilines is 3. The lowest BCUT2D eigenvalue weighted by molar-refractivity contribution is 0.186. The number of carbonyl (C=O) groups excluding carboxylic acids is 1. The minimum Gasteiger partial charge on any atom is -0.507 e. The molecule has 1 aliphatic rings. The van der Waals surface area contributed by atoms with E-state index in [0.717, 1.165) is 32.4 Å². The average molecular weight is 484 g/mol. The highest BCUT2D eigenvalue weighted by molar-refractivity contribution is 6.30. The molecule has 1 saturated heterocycles. The second-order valence-electron chi connectivity index (χ2n) is 8.24. The number of likely N-dealkylation sites (tertiary alicyclic amines) is 1. The molecule has 0 saturated carbocycles. The highest BCUT2D eigenvalue weighted by Gasteiger charge is 2.17. The molecule has 9 heteroatoms. The van der Waals surface area contributed by atoms with E-state index in [1.165, 1.54) is 6.07 Å². The third kappa shape index (κ3) is 5.51. The molecule has 0 spiro atoms. The van der Waals surface area contributed by atoms with Crippen molar-refractivity contribution in [1.29, 1.82) is 0 Å². The second kappa shape index (κ2) is 10.6. The molecule has 1 aromatic heterocycles. The molecule has 1 fully saturated rings. The summed E-state index contributed by atoms with van der Waals surface area (Å²) in [6, 6.07) is 13.3. The molecular formula is C25H27ClFN5O2. The van der Waals surface area contributed by atoms with Crippen LogP contribution in [0, 0.1) is 0 Å². The van der Waals surface area contributed by atoms with E-state index in [9.17, 15) is 14.3 Å². The second-order valence-corrected chi connectivity index (χ2v) is 8.68. The first-order chi connectivity index (χ1) is 16.4. The summed E-state index contributed by atoms with van der Waals surface area (Å²) < 4.78 is 13.4. The number of phenols is 1.